The van der Waals surface area contributed by atoms with Crippen molar-refractivity contribution >= 4 is 32.8 Å². The van der Waals surface area contributed by atoms with E-state index in [1.54, 1.807) is 0 Å². The molecule has 31 heavy (non-hydrogen) atoms. The van der Waals surface area contributed by atoms with Crippen LogP contribution in [0.4, 0.5) is 0 Å². The van der Waals surface area contributed by atoms with Gasteiger partial charge in [0.25, 0.3) is 0 Å². The summed E-state index contributed by atoms with van der Waals surface area (Å²) in [6.45, 7) is 4.22. The van der Waals surface area contributed by atoms with Crippen LogP contribution < -0.4 is 21.2 Å². The number of benzene rings is 2. The summed E-state index contributed by atoms with van der Waals surface area (Å²) in [5.74, 6) is -0.243. The second-order valence-electron chi connectivity index (χ2n) is 6.40. The first-order chi connectivity index (χ1) is 15.0. The molecule has 0 radical (unpaired) electrons. The number of carbonyl (C=O) groups excluding carboxylic acids is 1. The molecule has 0 unspecified atom stereocenters. The number of hydrogen-bond donors (Lipinski definition) is 0. The van der Waals surface area contributed by atoms with Crippen molar-refractivity contribution in [2.24, 2.45) is 7.05 Å². The van der Waals surface area contributed by atoms with E-state index in [0.717, 1.165) is 32.2 Å². The van der Waals surface area contributed by atoms with Crippen LogP contribution in [0, 0.1) is 7.14 Å². The molecule has 1 aliphatic rings. The third-order valence-electron chi connectivity index (χ3n) is 4.33. The van der Waals surface area contributed by atoms with E-state index in [0.29, 0.717) is 12.3 Å². The molecule has 0 aliphatic carbocycles. The second-order valence-corrected chi connectivity index (χ2v) is 10.2. The third-order valence-corrected chi connectivity index (χ3v) is 7.80. The van der Waals surface area contributed by atoms with Crippen molar-refractivity contribution in [3.63, 3.8) is 0 Å². The summed E-state index contributed by atoms with van der Waals surface area (Å²) in [6, 6.07) is 16.5. The number of halogens is 2. The van der Waals surface area contributed by atoms with Gasteiger partial charge < -0.3 is 25.1 Å². The van der Waals surface area contributed by atoms with Crippen molar-refractivity contribution < 1.29 is 35.5 Å². The largest absolute Gasteiger partial charge is 0.461 e. The zero-order chi connectivity index (χ0) is 22.6. The molecule has 0 amide bonds. The van der Waals surface area contributed by atoms with Crippen molar-refractivity contribution in [3.05, 3.63) is 81.8 Å². The molecular weight excluding hydrogens is 575 g/mol. The van der Waals surface area contributed by atoms with Gasteiger partial charge in [0, 0.05) is 24.7 Å². The molecule has 1 saturated heterocycles. The molecule has 9 heteroatoms. The predicted octanol–water partition coefficient (Wildman–Crippen LogP) is 2.91. The minimum atomic E-state index is -0.475. The number of fused-ring (bicyclic) bond motifs is 1. The Kier molecular flexibility index (Phi) is 10.9. The van der Waals surface area contributed by atoms with Gasteiger partial charge in [0.05, 0.1) is 17.5 Å². The van der Waals surface area contributed by atoms with Gasteiger partial charge in [-0.15, -0.1) is 0 Å². The monoisotopic (exact) mass is 598 g/mol. The minimum absolute atomic E-state index is 0.243. The summed E-state index contributed by atoms with van der Waals surface area (Å²) in [5.41, 5.74) is 15.2. The minimum Gasteiger partial charge on any atom is -0.461 e. The van der Waals surface area contributed by atoms with Gasteiger partial charge in [-0.3, -0.25) is 4.91 Å². The average molecular weight is 599 g/mol. The number of nitrogens with zero attached hydrogens (tertiary/aromatic N) is 4. The Morgan fingerprint density at radius 1 is 1.19 bits per heavy atom. The van der Waals surface area contributed by atoms with E-state index in [9.17, 15) is 4.79 Å². The summed E-state index contributed by atoms with van der Waals surface area (Å²) in [4.78, 5) is 14.0. The van der Waals surface area contributed by atoms with Crippen LogP contribution in [0.25, 0.3) is 26.9 Å². The molecular formula is C22H24BrIN4O3. The highest BCUT2D eigenvalue weighted by atomic mass is 127. The summed E-state index contributed by atoms with van der Waals surface area (Å²) in [5, 5.41) is 1.13. The highest BCUT2D eigenvalue weighted by Crippen LogP contribution is 2.23. The number of esters is 1. The van der Waals surface area contributed by atoms with E-state index in [-0.39, 0.29) is 5.97 Å². The molecule has 1 aromatic heterocycles. The van der Waals surface area contributed by atoms with Crippen LogP contribution in [0.2, 0.25) is 0 Å². The van der Waals surface area contributed by atoms with Crippen LogP contribution in [-0.4, -0.2) is 30.4 Å². The first kappa shape index (κ1) is 25.2. The highest BCUT2D eigenvalue weighted by molar-refractivity contribution is 9.10. The fourth-order valence-corrected chi connectivity index (χ4v) is 6.31. The topological polar surface area (TPSA) is 99.2 Å². The number of hydrogen-bond acceptors (Lipinski definition) is 3. The van der Waals surface area contributed by atoms with Crippen molar-refractivity contribution in [2.75, 3.05) is 19.8 Å². The van der Waals surface area contributed by atoms with Gasteiger partial charge in [-0.2, -0.15) is 0 Å². The highest BCUT2D eigenvalue weighted by Gasteiger charge is 2.32. The van der Waals surface area contributed by atoms with Crippen molar-refractivity contribution in [1.82, 2.24) is 4.57 Å². The molecule has 1 fully saturated rings. The Morgan fingerprint density at radius 3 is 2.39 bits per heavy atom. The zero-order valence-corrected chi connectivity index (χ0v) is 21.2. The van der Waals surface area contributed by atoms with Gasteiger partial charge in [-0.25, -0.2) is 4.79 Å². The molecule has 1 aliphatic heterocycles. The molecule has 0 N–H and O–H groups in total. The number of ether oxygens (including phenoxy) is 2. The number of aromatic nitrogens is 1. The average Bonchev–Trinajstić information content (AvgIpc) is 3.41. The lowest BCUT2D eigenvalue weighted by Crippen LogP contribution is -3.61. The van der Waals surface area contributed by atoms with Gasteiger partial charge in [0.15, 0.2) is 9.26 Å². The Balaban J connectivity index is 0.000000361. The predicted molar refractivity (Wildman–Crippen MR) is 121 cm³/mol. The standard InChI is InChI=1S/C18H16BrINO2.C4H8O.N3/c1-3-23-18(22)17-16(20-13-7-5-4-6-8-13)14-11-12(19)9-10-15(14)21(17)2;1-2-4-5-3-1;1-3-2/h4-11H,3H2,1-2H3;1-4H2;/q+1;;-1. The van der Waals surface area contributed by atoms with E-state index >= 15 is 0 Å². The molecule has 0 atom stereocenters. The summed E-state index contributed by atoms with van der Waals surface area (Å²) in [6.07, 6.45) is 2.56. The van der Waals surface area contributed by atoms with Crippen LogP contribution in [0.1, 0.15) is 30.3 Å². The summed E-state index contributed by atoms with van der Waals surface area (Å²) >= 11 is 3.07. The Labute approximate surface area is 200 Å². The Bertz CT molecular complexity index is 1020. The normalized spacial score (nSPS) is 12.2. The molecule has 164 valence electrons. The lowest BCUT2D eigenvalue weighted by atomic mass is 10.2. The molecule has 2 aromatic carbocycles. The van der Waals surface area contributed by atoms with Crippen LogP contribution in [-0.2, 0) is 16.5 Å². The van der Waals surface area contributed by atoms with Gasteiger partial charge in [0.2, 0.25) is 3.57 Å². The van der Waals surface area contributed by atoms with Gasteiger partial charge in [0.1, 0.15) is 0 Å². The Morgan fingerprint density at radius 2 is 1.84 bits per heavy atom. The number of carbonyl (C=O) groups is 1. The van der Waals surface area contributed by atoms with Crippen molar-refractivity contribution in [3.8, 4) is 0 Å². The maximum Gasteiger partial charge on any atom is 0.361 e. The van der Waals surface area contributed by atoms with E-state index in [1.165, 1.54) is 21.3 Å². The van der Waals surface area contributed by atoms with Crippen LogP contribution in [0.15, 0.2) is 53.0 Å². The lowest BCUT2D eigenvalue weighted by Gasteiger charge is -2.02. The molecule has 4 rings (SSSR count). The third kappa shape index (κ3) is 7.24. The molecule has 3 aromatic rings. The van der Waals surface area contributed by atoms with Crippen LogP contribution in [0.5, 0.6) is 0 Å². The smallest absolute Gasteiger partial charge is 0.361 e. The summed E-state index contributed by atoms with van der Waals surface area (Å²) < 4.78 is 15.6. The SMILES string of the molecule is C1CCOC1.CCOC(=O)c1c([I+]c2ccccc2)c2cc(Br)ccc2n1C.[N-]=[N+]=[N-]. The van der Waals surface area contributed by atoms with Crippen LogP contribution >= 0.6 is 15.9 Å². The van der Waals surface area contributed by atoms with E-state index < -0.39 is 21.2 Å². The molecule has 0 saturated carbocycles. The van der Waals surface area contributed by atoms with Crippen molar-refractivity contribution in [1.29, 1.82) is 0 Å². The van der Waals surface area contributed by atoms with Crippen LogP contribution in [0.3, 0.4) is 0 Å². The fourth-order valence-electron chi connectivity index (χ4n) is 2.99. The Hall–Kier alpha value is -2.07. The van der Waals surface area contributed by atoms with E-state index in [4.69, 9.17) is 20.5 Å². The molecule has 7 nitrogen and oxygen atoms in total. The quantitative estimate of drug-likeness (QED) is 0.152. The van der Waals surface area contributed by atoms with E-state index in [1.807, 2.05) is 48.9 Å². The van der Waals surface area contributed by atoms with Gasteiger partial charge >= 0.3 is 27.2 Å². The zero-order valence-electron chi connectivity index (χ0n) is 17.4. The second kappa shape index (κ2) is 13.4. The molecule has 0 bridgehead atoms. The first-order valence-corrected chi connectivity index (χ1v) is 12.7. The molecule has 0 spiro atoms. The fraction of sp³-hybridized carbons (Fsp3) is 0.318. The number of aryl methyl sites for hydroxylation is 1. The maximum absolute atomic E-state index is 12.5. The van der Waals surface area contributed by atoms with Gasteiger partial charge in [-0.1, -0.05) is 34.1 Å². The molecule has 2 heterocycles. The van der Waals surface area contributed by atoms with Crippen molar-refractivity contribution in [2.45, 2.75) is 19.8 Å². The lowest BCUT2D eigenvalue weighted by molar-refractivity contribution is -0.595. The maximum atomic E-state index is 12.5. The van der Waals surface area contributed by atoms with Gasteiger partial charge in [-0.05, 0) is 50.1 Å². The summed E-state index contributed by atoms with van der Waals surface area (Å²) in [7, 11) is 1.93. The van der Waals surface area contributed by atoms with E-state index in [2.05, 4.69) is 34.1 Å². The first-order valence-electron chi connectivity index (χ1n) is 9.74. The number of rotatable bonds is 4.